The lowest BCUT2D eigenvalue weighted by atomic mass is 10.4. The number of hydrogen-bond donors (Lipinski definition) is 0. The highest BCUT2D eigenvalue weighted by Gasteiger charge is 2.03. The summed E-state index contributed by atoms with van der Waals surface area (Å²) in [6.07, 6.45) is 0. The fourth-order valence-corrected chi connectivity index (χ4v) is 2.39. The van der Waals surface area contributed by atoms with Crippen LogP contribution in [0.25, 0.3) is 0 Å². The molecule has 1 aromatic rings. The van der Waals surface area contributed by atoms with Crippen LogP contribution in [0.15, 0.2) is 30.0 Å². The summed E-state index contributed by atoms with van der Waals surface area (Å²) in [6, 6.07) is 3.94. The average molecular weight is 424 g/mol. The number of rotatable bonds is 0. The van der Waals surface area contributed by atoms with E-state index in [0.29, 0.717) is 0 Å². The molecule has 0 saturated heterocycles. The van der Waals surface area contributed by atoms with Crippen LogP contribution in [0, 0.1) is 0 Å². The van der Waals surface area contributed by atoms with E-state index in [2.05, 4.69) is 63.7 Å². The van der Waals surface area contributed by atoms with Gasteiger partial charge in [0.1, 0.15) is 6.79 Å². The maximum absolute atomic E-state index is 8.00. The zero-order chi connectivity index (χ0) is 9.72. The van der Waals surface area contributed by atoms with Crippen LogP contribution < -0.4 is 0 Å². The van der Waals surface area contributed by atoms with Gasteiger partial charge in [0.05, 0.1) is 0 Å². The Balaban J connectivity index is 0.000000561. The van der Waals surface area contributed by atoms with Crippen molar-refractivity contribution in [3.63, 3.8) is 0 Å². The second-order valence-corrected chi connectivity index (χ2v) is 4.95. The molecule has 0 bridgehead atoms. The van der Waals surface area contributed by atoms with Gasteiger partial charge in [0.25, 0.3) is 0 Å². The predicted octanol–water partition coefficient (Wildman–Crippen LogP) is 4.55. The van der Waals surface area contributed by atoms with E-state index in [9.17, 15) is 0 Å². The average Bonchev–Trinajstić information content (AvgIpc) is 2.12. The van der Waals surface area contributed by atoms with Crippen molar-refractivity contribution >= 4 is 70.5 Å². The van der Waals surface area contributed by atoms with E-state index in [-0.39, 0.29) is 0 Å². The van der Waals surface area contributed by atoms with Gasteiger partial charge >= 0.3 is 0 Å². The smallest absolute Gasteiger partial charge is 0.106 e. The molecule has 0 radical (unpaired) electrons. The van der Waals surface area contributed by atoms with E-state index in [1.54, 1.807) is 0 Å². The Hall–Kier alpha value is 0.810. The molecule has 1 rings (SSSR count). The molecule has 0 amide bonds. The lowest BCUT2D eigenvalue weighted by Gasteiger charge is -2.00. The van der Waals surface area contributed by atoms with Crippen LogP contribution in [0.1, 0.15) is 0 Å². The molecular weight excluding hydrogens is 420 g/mol. The van der Waals surface area contributed by atoms with Gasteiger partial charge in [-0.3, -0.25) is 0 Å². The second-order valence-electron chi connectivity index (χ2n) is 1.66. The summed E-state index contributed by atoms with van der Waals surface area (Å²) in [4.78, 5) is 8.00. The first-order valence-electron chi connectivity index (χ1n) is 2.71. The Bertz CT molecular complexity index is 247. The highest BCUT2D eigenvalue weighted by Crippen LogP contribution is 2.35. The number of carbonyl (C=O) groups excluding carboxylic acids is 1. The van der Waals surface area contributed by atoms with Gasteiger partial charge in [-0.05, 0) is 75.9 Å². The lowest BCUT2D eigenvalue weighted by molar-refractivity contribution is -0.0979. The molecular formula is C7H4Br4O. The molecule has 12 heavy (non-hydrogen) atoms. The van der Waals surface area contributed by atoms with Crippen molar-refractivity contribution in [2.75, 3.05) is 0 Å². The summed E-state index contributed by atoms with van der Waals surface area (Å²) in [7, 11) is 0. The van der Waals surface area contributed by atoms with E-state index >= 15 is 0 Å². The molecule has 1 aromatic carbocycles. The highest BCUT2D eigenvalue weighted by atomic mass is 79.9. The first-order chi connectivity index (χ1) is 5.63. The van der Waals surface area contributed by atoms with Crippen LogP contribution in [0.2, 0.25) is 0 Å². The van der Waals surface area contributed by atoms with Crippen LogP contribution in [-0.2, 0) is 4.79 Å². The Morgan fingerprint density at radius 3 is 1.33 bits per heavy atom. The summed E-state index contributed by atoms with van der Waals surface area (Å²) in [5.74, 6) is 0. The van der Waals surface area contributed by atoms with Gasteiger partial charge in [0, 0.05) is 17.9 Å². The molecule has 0 aliphatic carbocycles. The molecule has 0 unspecified atom stereocenters. The Labute approximate surface area is 104 Å². The monoisotopic (exact) mass is 420 g/mol. The largest absolute Gasteiger partial charge is 0.307 e. The van der Waals surface area contributed by atoms with Gasteiger partial charge in [-0.1, -0.05) is 0 Å². The Morgan fingerprint density at radius 1 is 0.833 bits per heavy atom. The molecule has 0 N–H and O–H groups in total. The Morgan fingerprint density at radius 2 is 1.08 bits per heavy atom. The number of carbonyl (C=O) groups is 1. The molecule has 0 spiro atoms. The zero-order valence-corrected chi connectivity index (χ0v) is 12.1. The normalized spacial score (nSPS) is 8.67. The van der Waals surface area contributed by atoms with Gasteiger partial charge < -0.3 is 4.79 Å². The van der Waals surface area contributed by atoms with E-state index in [4.69, 9.17) is 4.79 Å². The maximum Gasteiger partial charge on any atom is 0.106 e. The van der Waals surface area contributed by atoms with Crippen LogP contribution in [0.5, 0.6) is 0 Å². The van der Waals surface area contributed by atoms with Gasteiger partial charge in [-0.25, -0.2) is 0 Å². The van der Waals surface area contributed by atoms with Crippen molar-refractivity contribution < 1.29 is 4.79 Å². The third-order valence-corrected chi connectivity index (χ3v) is 5.55. The summed E-state index contributed by atoms with van der Waals surface area (Å²) in [5, 5.41) is 0. The summed E-state index contributed by atoms with van der Waals surface area (Å²) >= 11 is 13.6. The lowest BCUT2D eigenvalue weighted by Crippen LogP contribution is -1.73. The summed E-state index contributed by atoms with van der Waals surface area (Å²) < 4.78 is 4.15. The van der Waals surface area contributed by atoms with Crippen molar-refractivity contribution in [1.82, 2.24) is 0 Å². The highest BCUT2D eigenvalue weighted by molar-refractivity contribution is 9.15. The first-order valence-corrected chi connectivity index (χ1v) is 5.88. The molecule has 0 aromatic heterocycles. The van der Waals surface area contributed by atoms with Crippen molar-refractivity contribution in [3.8, 4) is 0 Å². The van der Waals surface area contributed by atoms with E-state index in [1.807, 2.05) is 18.9 Å². The molecule has 5 heteroatoms. The molecule has 0 fully saturated rings. The SMILES string of the molecule is Brc1ccc(Br)c(Br)c1Br.C=O. The number of benzene rings is 1. The first kappa shape index (κ1) is 12.8. The molecule has 0 heterocycles. The number of halogens is 4. The van der Waals surface area contributed by atoms with Gasteiger partial charge in [-0.15, -0.1) is 0 Å². The second kappa shape index (κ2) is 6.29. The predicted molar refractivity (Wildman–Crippen MR) is 64.4 cm³/mol. The fourth-order valence-electron chi connectivity index (χ4n) is 0.502. The topological polar surface area (TPSA) is 17.1 Å². The molecule has 0 saturated carbocycles. The van der Waals surface area contributed by atoms with Gasteiger partial charge in [0.15, 0.2) is 0 Å². The summed E-state index contributed by atoms with van der Waals surface area (Å²) in [5.41, 5.74) is 0. The fraction of sp³-hybridized carbons (Fsp3) is 0. The molecule has 0 aliphatic heterocycles. The van der Waals surface area contributed by atoms with Crippen LogP contribution in [0.4, 0.5) is 0 Å². The third-order valence-electron chi connectivity index (χ3n) is 0.988. The zero-order valence-electron chi connectivity index (χ0n) is 5.78. The minimum atomic E-state index is 1.03. The van der Waals surface area contributed by atoms with Crippen molar-refractivity contribution in [1.29, 1.82) is 0 Å². The molecule has 0 atom stereocenters. The maximum atomic E-state index is 8.00. The molecule has 1 nitrogen and oxygen atoms in total. The minimum Gasteiger partial charge on any atom is -0.307 e. The van der Waals surface area contributed by atoms with Crippen molar-refractivity contribution in [2.45, 2.75) is 0 Å². The van der Waals surface area contributed by atoms with Gasteiger partial charge in [-0.2, -0.15) is 0 Å². The third kappa shape index (κ3) is 3.28. The van der Waals surface area contributed by atoms with Crippen molar-refractivity contribution in [2.24, 2.45) is 0 Å². The standard InChI is InChI=1S/C6H2Br4.CH2O/c7-3-1-2-4(8)6(10)5(3)9;1-2/h1-2H;1H2. The van der Waals surface area contributed by atoms with E-state index < -0.39 is 0 Å². The van der Waals surface area contributed by atoms with Crippen LogP contribution >= 0.6 is 63.7 Å². The Kier molecular flexibility index (Phi) is 6.72. The van der Waals surface area contributed by atoms with Crippen LogP contribution in [-0.4, -0.2) is 6.79 Å². The van der Waals surface area contributed by atoms with Crippen LogP contribution in [0.3, 0.4) is 0 Å². The quantitative estimate of drug-likeness (QED) is 0.442. The number of hydrogen-bond acceptors (Lipinski definition) is 1. The van der Waals surface area contributed by atoms with E-state index in [1.165, 1.54) is 0 Å². The molecule has 0 aliphatic rings. The van der Waals surface area contributed by atoms with Crippen molar-refractivity contribution in [3.05, 3.63) is 30.0 Å². The summed E-state index contributed by atoms with van der Waals surface area (Å²) in [6.45, 7) is 2.00. The van der Waals surface area contributed by atoms with Gasteiger partial charge in [0.2, 0.25) is 0 Å². The van der Waals surface area contributed by atoms with E-state index in [0.717, 1.165) is 17.9 Å². The molecule has 66 valence electrons. The minimum absolute atomic E-state index is 1.03.